The van der Waals surface area contributed by atoms with Crippen LogP contribution in [0.2, 0.25) is 0 Å². The molecular formula is C15H18FN5O. The highest BCUT2D eigenvalue weighted by molar-refractivity contribution is 5.82. The van der Waals surface area contributed by atoms with Crippen molar-refractivity contribution in [3.63, 3.8) is 0 Å². The molecule has 1 aliphatic heterocycles. The number of nitrogens with one attached hydrogen (secondary N) is 2. The zero-order valence-electron chi connectivity index (χ0n) is 12.3. The molecule has 1 aromatic heterocycles. The van der Waals surface area contributed by atoms with Crippen molar-refractivity contribution in [3.8, 4) is 11.3 Å². The molecule has 3 rings (SSSR count). The lowest BCUT2D eigenvalue weighted by atomic mass is 10.1. The Morgan fingerprint density at radius 3 is 2.95 bits per heavy atom. The number of nitrogens with zero attached hydrogens (tertiary/aromatic N) is 3. The summed E-state index contributed by atoms with van der Waals surface area (Å²) in [6.07, 6.45) is 2.51. The molecule has 0 unspecified atom stereocenters. The molecule has 22 heavy (non-hydrogen) atoms. The van der Waals surface area contributed by atoms with Gasteiger partial charge in [-0.05, 0) is 37.6 Å². The van der Waals surface area contributed by atoms with Crippen molar-refractivity contribution in [1.29, 1.82) is 0 Å². The van der Waals surface area contributed by atoms with Crippen LogP contribution in [0.5, 0.6) is 0 Å². The third kappa shape index (κ3) is 2.99. The van der Waals surface area contributed by atoms with E-state index >= 15 is 0 Å². The quantitative estimate of drug-likeness (QED) is 0.888. The lowest BCUT2D eigenvalue weighted by Crippen LogP contribution is -2.40. The molecule has 2 heterocycles. The van der Waals surface area contributed by atoms with Gasteiger partial charge in [-0.25, -0.2) is 9.07 Å². The molecule has 1 amide bonds. The second-order valence-electron chi connectivity index (χ2n) is 5.34. The largest absolute Gasteiger partial charge is 0.355 e. The predicted octanol–water partition coefficient (Wildman–Crippen LogP) is 1.12. The van der Waals surface area contributed by atoms with Crippen molar-refractivity contribution in [1.82, 2.24) is 25.6 Å². The number of carbonyl (C=O) groups excluding carboxylic acids is 1. The first kappa shape index (κ1) is 14.6. The summed E-state index contributed by atoms with van der Waals surface area (Å²) in [6, 6.07) is 6.05. The molecule has 2 N–H and O–H groups in total. The van der Waals surface area contributed by atoms with Crippen LogP contribution in [0.25, 0.3) is 11.3 Å². The molecule has 0 spiro atoms. The van der Waals surface area contributed by atoms with Crippen LogP contribution in [0.4, 0.5) is 4.39 Å². The van der Waals surface area contributed by atoms with Gasteiger partial charge in [-0.1, -0.05) is 5.21 Å². The SMILES string of the molecule is CCNC(=O)[C@@H]1C[C@H](n2cc(-c3ccc(F)cc3)nn2)CN1. The van der Waals surface area contributed by atoms with Crippen molar-refractivity contribution < 1.29 is 9.18 Å². The fourth-order valence-electron chi connectivity index (χ4n) is 2.62. The van der Waals surface area contributed by atoms with Gasteiger partial charge >= 0.3 is 0 Å². The lowest BCUT2D eigenvalue weighted by molar-refractivity contribution is -0.122. The normalized spacial score (nSPS) is 21.0. The summed E-state index contributed by atoms with van der Waals surface area (Å²) in [6.45, 7) is 3.20. The number of rotatable bonds is 4. The maximum absolute atomic E-state index is 12.9. The van der Waals surface area contributed by atoms with Crippen LogP contribution in [0.1, 0.15) is 19.4 Å². The predicted molar refractivity (Wildman–Crippen MR) is 79.5 cm³/mol. The first-order chi connectivity index (χ1) is 10.7. The highest BCUT2D eigenvalue weighted by atomic mass is 19.1. The second-order valence-corrected chi connectivity index (χ2v) is 5.34. The number of halogens is 1. The summed E-state index contributed by atoms with van der Waals surface area (Å²) in [5.74, 6) is -0.259. The standard InChI is InChI=1S/C15H18FN5O/c1-2-17-15(22)13-7-12(8-18-13)21-9-14(19-20-21)10-3-5-11(16)6-4-10/h3-6,9,12-13,18H,2,7-8H2,1H3,(H,17,22)/t12-,13-/m0/s1. The number of carbonyl (C=O) groups is 1. The summed E-state index contributed by atoms with van der Waals surface area (Å²) in [5.41, 5.74) is 1.51. The third-order valence-electron chi connectivity index (χ3n) is 3.80. The van der Waals surface area contributed by atoms with Gasteiger partial charge in [-0.15, -0.1) is 5.10 Å². The average Bonchev–Trinajstić information content (AvgIpc) is 3.17. The summed E-state index contributed by atoms with van der Waals surface area (Å²) in [4.78, 5) is 11.8. The van der Waals surface area contributed by atoms with Crippen molar-refractivity contribution in [2.24, 2.45) is 0 Å². The summed E-state index contributed by atoms with van der Waals surface area (Å²) < 4.78 is 14.7. The molecule has 116 valence electrons. The molecule has 0 saturated carbocycles. The minimum Gasteiger partial charge on any atom is -0.355 e. The highest BCUT2D eigenvalue weighted by Crippen LogP contribution is 2.22. The molecule has 1 aliphatic rings. The number of hydrogen-bond acceptors (Lipinski definition) is 4. The van der Waals surface area contributed by atoms with Gasteiger partial charge < -0.3 is 10.6 Å². The van der Waals surface area contributed by atoms with Crippen LogP contribution in [-0.4, -0.2) is 40.0 Å². The van der Waals surface area contributed by atoms with E-state index in [2.05, 4.69) is 20.9 Å². The number of benzene rings is 1. The van der Waals surface area contributed by atoms with E-state index in [1.54, 1.807) is 16.8 Å². The maximum Gasteiger partial charge on any atom is 0.237 e. The molecule has 0 radical (unpaired) electrons. The van der Waals surface area contributed by atoms with Gasteiger partial charge in [0.15, 0.2) is 0 Å². The molecule has 1 fully saturated rings. The first-order valence-electron chi connectivity index (χ1n) is 7.36. The van der Waals surface area contributed by atoms with E-state index in [1.807, 2.05) is 13.1 Å². The monoisotopic (exact) mass is 303 g/mol. The van der Waals surface area contributed by atoms with E-state index in [-0.39, 0.29) is 23.8 Å². The van der Waals surface area contributed by atoms with Crippen LogP contribution < -0.4 is 10.6 Å². The molecule has 2 aromatic rings. The topological polar surface area (TPSA) is 71.8 Å². The van der Waals surface area contributed by atoms with Crippen LogP contribution in [0.15, 0.2) is 30.5 Å². The van der Waals surface area contributed by atoms with Crippen LogP contribution in [0.3, 0.4) is 0 Å². The van der Waals surface area contributed by atoms with Gasteiger partial charge in [0.05, 0.1) is 18.3 Å². The fourth-order valence-corrected chi connectivity index (χ4v) is 2.62. The Morgan fingerprint density at radius 2 is 2.23 bits per heavy atom. The maximum atomic E-state index is 12.9. The van der Waals surface area contributed by atoms with E-state index < -0.39 is 0 Å². The Hall–Kier alpha value is -2.28. The number of amides is 1. The highest BCUT2D eigenvalue weighted by Gasteiger charge is 2.30. The summed E-state index contributed by atoms with van der Waals surface area (Å²) >= 11 is 0. The summed E-state index contributed by atoms with van der Waals surface area (Å²) in [5, 5.41) is 14.3. The van der Waals surface area contributed by atoms with Crippen molar-refractivity contribution in [3.05, 3.63) is 36.3 Å². The second kappa shape index (κ2) is 6.23. The Kier molecular flexibility index (Phi) is 4.15. The molecule has 1 aromatic carbocycles. The van der Waals surface area contributed by atoms with Gasteiger partial charge in [0, 0.05) is 18.7 Å². The minimum absolute atomic E-state index is 0.0175. The van der Waals surface area contributed by atoms with Gasteiger partial charge in [0.25, 0.3) is 0 Å². The van der Waals surface area contributed by atoms with E-state index in [9.17, 15) is 9.18 Å². The van der Waals surface area contributed by atoms with Crippen LogP contribution >= 0.6 is 0 Å². The Labute approximate surface area is 127 Å². The van der Waals surface area contributed by atoms with Gasteiger partial charge in [0.2, 0.25) is 5.91 Å². The Morgan fingerprint density at radius 1 is 1.45 bits per heavy atom. The third-order valence-corrected chi connectivity index (χ3v) is 3.80. The molecule has 6 nitrogen and oxygen atoms in total. The molecule has 0 aliphatic carbocycles. The van der Waals surface area contributed by atoms with E-state index in [0.717, 1.165) is 5.56 Å². The van der Waals surface area contributed by atoms with Gasteiger partial charge in [0.1, 0.15) is 11.5 Å². The number of aromatic nitrogens is 3. The fraction of sp³-hybridized carbons (Fsp3) is 0.400. The van der Waals surface area contributed by atoms with Crippen LogP contribution in [-0.2, 0) is 4.79 Å². The molecule has 0 bridgehead atoms. The summed E-state index contributed by atoms with van der Waals surface area (Å²) in [7, 11) is 0. The molecular weight excluding hydrogens is 285 g/mol. The van der Waals surface area contributed by atoms with Crippen molar-refractivity contribution in [2.45, 2.75) is 25.4 Å². The van der Waals surface area contributed by atoms with Crippen molar-refractivity contribution in [2.75, 3.05) is 13.1 Å². The number of likely N-dealkylation sites (N-methyl/N-ethyl adjacent to an activating group) is 1. The van der Waals surface area contributed by atoms with Crippen molar-refractivity contribution >= 4 is 5.91 Å². The molecule has 1 saturated heterocycles. The Bertz CT molecular complexity index is 654. The number of hydrogen-bond donors (Lipinski definition) is 2. The minimum atomic E-state index is -0.277. The molecule has 7 heteroatoms. The van der Waals surface area contributed by atoms with E-state index in [0.29, 0.717) is 25.2 Å². The zero-order chi connectivity index (χ0) is 15.5. The lowest BCUT2D eigenvalue weighted by Gasteiger charge is -2.10. The Balaban J connectivity index is 1.69. The smallest absolute Gasteiger partial charge is 0.237 e. The van der Waals surface area contributed by atoms with Gasteiger partial charge in [-0.3, -0.25) is 4.79 Å². The average molecular weight is 303 g/mol. The van der Waals surface area contributed by atoms with Gasteiger partial charge in [-0.2, -0.15) is 0 Å². The molecule has 2 atom stereocenters. The van der Waals surface area contributed by atoms with E-state index in [4.69, 9.17) is 0 Å². The van der Waals surface area contributed by atoms with E-state index in [1.165, 1.54) is 12.1 Å². The zero-order valence-corrected chi connectivity index (χ0v) is 12.3. The first-order valence-corrected chi connectivity index (χ1v) is 7.36. The van der Waals surface area contributed by atoms with Crippen LogP contribution in [0, 0.1) is 5.82 Å².